The number of nitrogens with zero attached hydrogens (tertiary/aromatic N) is 1. The quantitative estimate of drug-likeness (QED) is 0.867. The molecule has 2 bridgehead atoms. The highest BCUT2D eigenvalue weighted by Crippen LogP contribution is 2.35. The zero-order chi connectivity index (χ0) is 16.6. The van der Waals surface area contributed by atoms with Gasteiger partial charge in [-0.05, 0) is 65.7 Å². The maximum Gasteiger partial charge on any atom is 0.410 e. The number of rotatable bonds is 3. The highest BCUT2D eigenvalue weighted by molar-refractivity contribution is 5.68. The van der Waals surface area contributed by atoms with Gasteiger partial charge in [0, 0.05) is 25.2 Å². The molecule has 5 atom stereocenters. The third-order valence-electron chi connectivity index (χ3n) is 5.40. The van der Waals surface area contributed by atoms with Crippen LogP contribution in [-0.2, 0) is 9.47 Å². The van der Waals surface area contributed by atoms with Gasteiger partial charge in [-0.1, -0.05) is 0 Å². The number of hydrogen-bond acceptors (Lipinski definition) is 4. The molecule has 1 N–H and O–H groups in total. The summed E-state index contributed by atoms with van der Waals surface area (Å²) in [6, 6.07) is 0.911. The maximum absolute atomic E-state index is 12.3. The number of fused-ring (bicyclic) bond motifs is 2. The van der Waals surface area contributed by atoms with Gasteiger partial charge in [0.15, 0.2) is 0 Å². The second-order valence-electron chi connectivity index (χ2n) is 8.50. The Morgan fingerprint density at radius 3 is 2.70 bits per heavy atom. The molecule has 0 saturated carbocycles. The molecular weight excluding hydrogens is 292 g/mol. The van der Waals surface area contributed by atoms with E-state index in [1.807, 2.05) is 25.7 Å². The van der Waals surface area contributed by atoms with E-state index in [1.54, 1.807) is 0 Å². The van der Waals surface area contributed by atoms with Crippen LogP contribution in [0.2, 0.25) is 0 Å². The fraction of sp³-hybridized carbons (Fsp3) is 0.944. The second-order valence-corrected chi connectivity index (χ2v) is 8.50. The summed E-state index contributed by atoms with van der Waals surface area (Å²) in [6.45, 7) is 9.64. The van der Waals surface area contributed by atoms with Crippen molar-refractivity contribution in [2.75, 3.05) is 13.1 Å². The Hall–Kier alpha value is -0.810. The first-order chi connectivity index (χ1) is 10.8. The van der Waals surface area contributed by atoms with Gasteiger partial charge in [-0.2, -0.15) is 0 Å². The summed E-state index contributed by atoms with van der Waals surface area (Å²) in [5.74, 6) is 0.496. The van der Waals surface area contributed by atoms with Crippen LogP contribution < -0.4 is 5.32 Å². The predicted molar refractivity (Wildman–Crippen MR) is 89.4 cm³/mol. The van der Waals surface area contributed by atoms with E-state index < -0.39 is 5.60 Å². The van der Waals surface area contributed by atoms with Gasteiger partial charge < -0.3 is 19.7 Å². The van der Waals surface area contributed by atoms with Crippen LogP contribution >= 0.6 is 0 Å². The van der Waals surface area contributed by atoms with E-state index in [4.69, 9.17) is 9.47 Å². The van der Waals surface area contributed by atoms with E-state index in [2.05, 4.69) is 12.2 Å². The number of carbonyl (C=O) groups excluding carboxylic acids is 1. The zero-order valence-electron chi connectivity index (χ0n) is 15.0. The van der Waals surface area contributed by atoms with Crippen molar-refractivity contribution in [3.8, 4) is 0 Å². The smallest absolute Gasteiger partial charge is 0.410 e. The molecule has 0 aromatic heterocycles. The van der Waals surface area contributed by atoms with Crippen LogP contribution in [0.3, 0.4) is 0 Å². The number of ether oxygens (including phenoxy) is 2. The summed E-state index contributed by atoms with van der Waals surface area (Å²) in [5.41, 5.74) is -0.422. The van der Waals surface area contributed by atoms with Gasteiger partial charge in [0.2, 0.25) is 0 Å². The lowest BCUT2D eigenvalue weighted by Gasteiger charge is -2.38. The fourth-order valence-corrected chi connectivity index (χ4v) is 4.20. The third-order valence-corrected chi connectivity index (χ3v) is 5.40. The van der Waals surface area contributed by atoms with E-state index >= 15 is 0 Å². The van der Waals surface area contributed by atoms with Crippen molar-refractivity contribution in [1.29, 1.82) is 0 Å². The molecule has 5 unspecified atom stereocenters. The topological polar surface area (TPSA) is 50.8 Å². The van der Waals surface area contributed by atoms with Gasteiger partial charge in [-0.25, -0.2) is 4.79 Å². The van der Waals surface area contributed by atoms with Gasteiger partial charge in [0.05, 0.1) is 12.2 Å². The number of piperidine rings is 1. The average Bonchev–Trinajstić information content (AvgIpc) is 3.08. The molecule has 0 radical (unpaired) electrons. The van der Waals surface area contributed by atoms with Crippen molar-refractivity contribution in [2.24, 2.45) is 5.92 Å². The van der Waals surface area contributed by atoms with Crippen molar-refractivity contribution >= 4 is 6.09 Å². The Kier molecular flexibility index (Phi) is 4.88. The lowest BCUT2D eigenvalue weighted by Crippen LogP contribution is -2.51. The van der Waals surface area contributed by atoms with Gasteiger partial charge in [0.25, 0.3) is 0 Å². The molecular formula is C18H32N2O3. The molecule has 0 aromatic rings. The van der Waals surface area contributed by atoms with Gasteiger partial charge in [-0.15, -0.1) is 0 Å². The molecule has 3 aliphatic heterocycles. The lowest BCUT2D eigenvalue weighted by atomic mass is 9.89. The monoisotopic (exact) mass is 324 g/mol. The Labute approximate surface area is 140 Å². The van der Waals surface area contributed by atoms with Crippen molar-refractivity contribution in [3.05, 3.63) is 0 Å². The summed E-state index contributed by atoms with van der Waals surface area (Å²) in [6.07, 6.45) is 6.53. The Morgan fingerprint density at radius 1 is 1.30 bits per heavy atom. The maximum atomic E-state index is 12.3. The van der Waals surface area contributed by atoms with Gasteiger partial charge in [-0.3, -0.25) is 0 Å². The van der Waals surface area contributed by atoms with Gasteiger partial charge in [0.1, 0.15) is 5.60 Å². The molecule has 0 spiro atoms. The van der Waals surface area contributed by atoms with Crippen molar-refractivity contribution in [1.82, 2.24) is 10.2 Å². The molecule has 3 rings (SSSR count). The zero-order valence-corrected chi connectivity index (χ0v) is 15.0. The first-order valence-corrected chi connectivity index (χ1v) is 9.21. The molecule has 3 heterocycles. The van der Waals surface area contributed by atoms with Crippen LogP contribution in [0.4, 0.5) is 4.79 Å². The molecule has 1 amide bonds. The minimum Gasteiger partial charge on any atom is -0.444 e. The van der Waals surface area contributed by atoms with Crippen LogP contribution in [-0.4, -0.2) is 54.0 Å². The molecule has 0 aliphatic carbocycles. The first kappa shape index (κ1) is 17.0. The van der Waals surface area contributed by atoms with Crippen LogP contribution in [0.5, 0.6) is 0 Å². The van der Waals surface area contributed by atoms with E-state index in [0.29, 0.717) is 30.2 Å². The highest BCUT2D eigenvalue weighted by Gasteiger charge is 2.42. The lowest BCUT2D eigenvalue weighted by molar-refractivity contribution is 0.0142. The average molecular weight is 324 g/mol. The van der Waals surface area contributed by atoms with E-state index in [1.165, 1.54) is 19.3 Å². The summed E-state index contributed by atoms with van der Waals surface area (Å²) in [5, 5.41) is 3.78. The molecule has 3 aliphatic rings. The molecule has 3 saturated heterocycles. The molecule has 0 aromatic carbocycles. The summed E-state index contributed by atoms with van der Waals surface area (Å²) in [7, 11) is 0. The van der Waals surface area contributed by atoms with Crippen LogP contribution in [0.1, 0.15) is 59.8 Å². The summed E-state index contributed by atoms with van der Waals surface area (Å²) in [4.78, 5) is 14.2. The number of carbonyl (C=O) groups is 1. The Balaban J connectivity index is 1.50. The summed E-state index contributed by atoms with van der Waals surface area (Å²) >= 11 is 0. The Morgan fingerprint density at radius 2 is 2.09 bits per heavy atom. The van der Waals surface area contributed by atoms with Crippen LogP contribution in [0.25, 0.3) is 0 Å². The standard InChI is InChI=1S/C18H32N2O3/c1-12(19-15-10-14-7-8-16(15)22-14)13-6-5-9-20(11-13)17(21)23-18(2,3)4/h12-16,19H,5-11H2,1-4H3. The first-order valence-electron chi connectivity index (χ1n) is 9.21. The molecule has 5 nitrogen and oxygen atoms in total. The molecule has 3 fully saturated rings. The normalized spacial score (nSPS) is 35.4. The Bertz CT molecular complexity index is 434. The molecule has 23 heavy (non-hydrogen) atoms. The van der Waals surface area contributed by atoms with Crippen LogP contribution in [0, 0.1) is 5.92 Å². The number of likely N-dealkylation sites (tertiary alicyclic amines) is 1. The number of amides is 1. The van der Waals surface area contributed by atoms with Crippen LogP contribution in [0.15, 0.2) is 0 Å². The molecule has 5 heteroatoms. The number of hydrogen-bond donors (Lipinski definition) is 1. The molecule has 132 valence electrons. The van der Waals surface area contributed by atoms with E-state index in [0.717, 1.165) is 25.9 Å². The third kappa shape index (κ3) is 4.18. The highest BCUT2D eigenvalue weighted by atomic mass is 16.6. The van der Waals surface area contributed by atoms with E-state index in [9.17, 15) is 4.79 Å². The summed E-state index contributed by atoms with van der Waals surface area (Å²) < 4.78 is 11.5. The predicted octanol–water partition coefficient (Wildman–Crippen LogP) is 2.93. The second kappa shape index (κ2) is 6.60. The van der Waals surface area contributed by atoms with Crippen molar-refractivity contribution < 1.29 is 14.3 Å². The van der Waals surface area contributed by atoms with Crippen molar-refractivity contribution in [3.63, 3.8) is 0 Å². The van der Waals surface area contributed by atoms with Gasteiger partial charge >= 0.3 is 6.09 Å². The largest absolute Gasteiger partial charge is 0.444 e. The number of nitrogens with one attached hydrogen (secondary N) is 1. The van der Waals surface area contributed by atoms with E-state index in [-0.39, 0.29) is 6.09 Å². The fourth-order valence-electron chi connectivity index (χ4n) is 4.20. The SMILES string of the molecule is CC(NC1CC2CCC1O2)C1CCCN(C(=O)OC(C)(C)C)C1. The van der Waals surface area contributed by atoms with Crippen molar-refractivity contribution in [2.45, 2.75) is 89.7 Å². The minimum atomic E-state index is -0.422. The minimum absolute atomic E-state index is 0.169.